The highest BCUT2D eigenvalue weighted by molar-refractivity contribution is 5.67. The number of ether oxygens (including phenoxy) is 1. The summed E-state index contributed by atoms with van der Waals surface area (Å²) in [7, 11) is 1.68. The van der Waals surface area contributed by atoms with Crippen LogP contribution < -0.4 is 4.74 Å². The number of carboxylic acid groups (broad SMARTS) is 1. The zero-order valence-electron chi connectivity index (χ0n) is 12.2. The number of nitrogens with zero attached hydrogens (tertiary/aromatic N) is 1. The molecule has 0 aromatic heterocycles. The van der Waals surface area contributed by atoms with Gasteiger partial charge in [0.05, 0.1) is 7.11 Å². The molecule has 0 spiro atoms. The summed E-state index contributed by atoms with van der Waals surface area (Å²) in [6, 6.07) is 8.51. The Labute approximate surface area is 120 Å². The Kier molecular flexibility index (Phi) is 5.01. The molecule has 1 aromatic carbocycles. The summed E-state index contributed by atoms with van der Waals surface area (Å²) in [5.41, 5.74) is 1.25. The lowest BCUT2D eigenvalue weighted by molar-refractivity contribution is -0.138. The van der Waals surface area contributed by atoms with E-state index in [0.717, 1.165) is 31.7 Å². The fraction of sp³-hybridized carbons (Fsp3) is 0.562. The maximum atomic E-state index is 10.7. The van der Waals surface area contributed by atoms with Crippen LogP contribution in [0.15, 0.2) is 24.3 Å². The predicted octanol–water partition coefficient (Wildman–Crippen LogP) is 2.94. The van der Waals surface area contributed by atoms with Crippen LogP contribution >= 0.6 is 0 Å². The molecule has 1 heterocycles. The maximum Gasteiger partial charge on any atom is 0.303 e. The molecule has 20 heavy (non-hydrogen) atoms. The second-order valence-electron chi connectivity index (χ2n) is 5.53. The van der Waals surface area contributed by atoms with Gasteiger partial charge < -0.3 is 9.84 Å². The number of methoxy groups -OCH3 is 1. The van der Waals surface area contributed by atoms with Gasteiger partial charge in [-0.2, -0.15) is 0 Å². The molecular weight excluding hydrogens is 254 g/mol. The van der Waals surface area contributed by atoms with Gasteiger partial charge in [-0.05, 0) is 56.5 Å². The van der Waals surface area contributed by atoms with Crippen LogP contribution in [-0.2, 0) is 4.79 Å². The highest BCUT2D eigenvalue weighted by atomic mass is 16.5. The van der Waals surface area contributed by atoms with Crippen LogP contribution in [0.3, 0.4) is 0 Å². The van der Waals surface area contributed by atoms with Gasteiger partial charge in [-0.25, -0.2) is 0 Å². The summed E-state index contributed by atoms with van der Waals surface area (Å²) in [4.78, 5) is 13.2. The lowest BCUT2D eigenvalue weighted by Gasteiger charge is -2.36. The molecule has 4 nitrogen and oxygen atoms in total. The number of aliphatic carboxylic acids is 1. The number of piperidine rings is 1. The molecule has 0 bridgehead atoms. The first-order valence-corrected chi connectivity index (χ1v) is 7.20. The number of benzene rings is 1. The van der Waals surface area contributed by atoms with Crippen LogP contribution in [0.1, 0.15) is 37.8 Å². The Balaban J connectivity index is 1.94. The van der Waals surface area contributed by atoms with Crippen LogP contribution in [0.25, 0.3) is 0 Å². The Bertz CT molecular complexity index is 453. The van der Waals surface area contributed by atoms with E-state index >= 15 is 0 Å². The van der Waals surface area contributed by atoms with E-state index in [1.165, 1.54) is 5.56 Å². The molecule has 1 unspecified atom stereocenters. The molecule has 1 N–H and O–H groups in total. The van der Waals surface area contributed by atoms with Crippen LogP contribution in [0.5, 0.6) is 5.75 Å². The molecule has 2 rings (SSSR count). The number of carbonyl (C=O) groups is 1. The zero-order valence-corrected chi connectivity index (χ0v) is 12.2. The molecule has 1 atom stereocenters. The van der Waals surface area contributed by atoms with E-state index in [9.17, 15) is 4.79 Å². The normalized spacial score (nSPS) is 18.7. The van der Waals surface area contributed by atoms with E-state index in [4.69, 9.17) is 9.84 Å². The van der Waals surface area contributed by atoms with E-state index in [1.807, 2.05) is 12.1 Å². The standard InChI is InChI=1S/C16H23NO3/c1-12(14-4-3-5-15(11-14)20-2)17-8-6-13(7-9-17)10-16(18)19/h3-5,11-13H,6-10H2,1-2H3,(H,18,19). The Morgan fingerprint density at radius 1 is 1.45 bits per heavy atom. The van der Waals surface area contributed by atoms with Crippen LogP contribution in [0, 0.1) is 5.92 Å². The van der Waals surface area contributed by atoms with Gasteiger partial charge in [0.25, 0.3) is 0 Å². The summed E-state index contributed by atoms with van der Waals surface area (Å²) >= 11 is 0. The molecule has 1 aliphatic rings. The minimum Gasteiger partial charge on any atom is -0.497 e. The van der Waals surface area contributed by atoms with E-state index < -0.39 is 5.97 Å². The number of rotatable bonds is 5. The van der Waals surface area contributed by atoms with Crippen molar-refractivity contribution in [2.45, 2.75) is 32.2 Å². The average molecular weight is 277 g/mol. The number of likely N-dealkylation sites (tertiary alicyclic amines) is 1. The van der Waals surface area contributed by atoms with Gasteiger partial charge in [0.15, 0.2) is 0 Å². The fourth-order valence-electron chi connectivity index (χ4n) is 2.90. The Hall–Kier alpha value is -1.55. The van der Waals surface area contributed by atoms with Gasteiger partial charge in [0.1, 0.15) is 5.75 Å². The molecule has 4 heteroatoms. The second kappa shape index (κ2) is 6.75. The molecule has 0 radical (unpaired) electrons. The Morgan fingerprint density at radius 3 is 2.75 bits per heavy atom. The molecular formula is C16H23NO3. The largest absolute Gasteiger partial charge is 0.497 e. The van der Waals surface area contributed by atoms with Gasteiger partial charge in [-0.15, -0.1) is 0 Å². The Morgan fingerprint density at radius 2 is 2.15 bits per heavy atom. The van der Waals surface area contributed by atoms with Crippen molar-refractivity contribution in [3.05, 3.63) is 29.8 Å². The van der Waals surface area contributed by atoms with Crippen molar-refractivity contribution in [1.29, 1.82) is 0 Å². The summed E-state index contributed by atoms with van der Waals surface area (Å²) in [5, 5.41) is 8.85. The summed E-state index contributed by atoms with van der Waals surface area (Å²) in [5.74, 6) is 0.542. The van der Waals surface area contributed by atoms with Crippen molar-refractivity contribution < 1.29 is 14.6 Å². The summed E-state index contributed by atoms with van der Waals surface area (Å²) in [6.07, 6.45) is 2.25. The topological polar surface area (TPSA) is 49.8 Å². The zero-order chi connectivity index (χ0) is 14.5. The first-order valence-electron chi connectivity index (χ1n) is 7.20. The fourth-order valence-corrected chi connectivity index (χ4v) is 2.90. The SMILES string of the molecule is COc1cccc(C(C)N2CCC(CC(=O)O)CC2)c1. The van der Waals surface area contributed by atoms with Crippen LogP contribution in [0.4, 0.5) is 0 Å². The minimum atomic E-state index is -0.677. The van der Waals surface area contributed by atoms with E-state index in [-0.39, 0.29) is 0 Å². The van der Waals surface area contributed by atoms with Gasteiger partial charge >= 0.3 is 5.97 Å². The molecule has 0 saturated carbocycles. The smallest absolute Gasteiger partial charge is 0.303 e. The predicted molar refractivity (Wildman–Crippen MR) is 78.0 cm³/mol. The van der Waals surface area contributed by atoms with Crippen molar-refractivity contribution in [3.63, 3.8) is 0 Å². The van der Waals surface area contributed by atoms with Crippen molar-refractivity contribution >= 4 is 5.97 Å². The van der Waals surface area contributed by atoms with Gasteiger partial charge in [-0.1, -0.05) is 12.1 Å². The second-order valence-corrected chi connectivity index (χ2v) is 5.53. The van der Waals surface area contributed by atoms with Crippen molar-refractivity contribution in [2.24, 2.45) is 5.92 Å². The van der Waals surface area contributed by atoms with Crippen molar-refractivity contribution in [1.82, 2.24) is 4.90 Å². The minimum absolute atomic E-state index is 0.307. The van der Waals surface area contributed by atoms with Crippen molar-refractivity contribution in [3.8, 4) is 5.75 Å². The molecule has 1 aromatic rings. The lowest BCUT2D eigenvalue weighted by Crippen LogP contribution is -2.36. The molecule has 110 valence electrons. The van der Waals surface area contributed by atoms with Crippen molar-refractivity contribution in [2.75, 3.05) is 20.2 Å². The average Bonchev–Trinajstić information content (AvgIpc) is 2.47. The third-order valence-corrected chi connectivity index (χ3v) is 4.24. The lowest BCUT2D eigenvalue weighted by atomic mass is 9.92. The summed E-state index contributed by atoms with van der Waals surface area (Å²) in [6.45, 7) is 4.14. The number of hydrogen-bond donors (Lipinski definition) is 1. The first-order chi connectivity index (χ1) is 9.60. The molecule has 0 amide bonds. The number of hydrogen-bond acceptors (Lipinski definition) is 3. The third kappa shape index (κ3) is 3.73. The summed E-state index contributed by atoms with van der Waals surface area (Å²) < 4.78 is 5.27. The highest BCUT2D eigenvalue weighted by Crippen LogP contribution is 2.29. The van der Waals surface area contributed by atoms with Gasteiger partial charge in [-0.3, -0.25) is 9.69 Å². The van der Waals surface area contributed by atoms with Gasteiger partial charge in [0, 0.05) is 12.5 Å². The maximum absolute atomic E-state index is 10.7. The molecule has 1 aliphatic heterocycles. The van der Waals surface area contributed by atoms with E-state index in [2.05, 4.69) is 24.0 Å². The molecule has 1 saturated heterocycles. The first kappa shape index (κ1) is 14.9. The quantitative estimate of drug-likeness (QED) is 0.899. The van der Waals surface area contributed by atoms with Gasteiger partial charge in [0.2, 0.25) is 0 Å². The van der Waals surface area contributed by atoms with E-state index in [1.54, 1.807) is 7.11 Å². The van der Waals surface area contributed by atoms with Crippen LogP contribution in [-0.4, -0.2) is 36.2 Å². The molecule has 1 fully saturated rings. The third-order valence-electron chi connectivity index (χ3n) is 4.24. The number of carboxylic acids is 1. The highest BCUT2D eigenvalue weighted by Gasteiger charge is 2.24. The molecule has 0 aliphatic carbocycles. The van der Waals surface area contributed by atoms with E-state index in [0.29, 0.717) is 18.4 Å². The van der Waals surface area contributed by atoms with Crippen LogP contribution in [0.2, 0.25) is 0 Å². The monoisotopic (exact) mass is 277 g/mol.